The minimum Gasteiger partial charge on any atom is -0.454 e. The predicted octanol–water partition coefficient (Wildman–Crippen LogP) is 4.81. The van der Waals surface area contributed by atoms with Crippen molar-refractivity contribution in [1.29, 1.82) is 0 Å². The first-order valence-electron chi connectivity index (χ1n) is 9.22. The second kappa shape index (κ2) is 9.00. The first-order valence-corrected chi connectivity index (χ1v) is 9.22. The van der Waals surface area contributed by atoms with Crippen molar-refractivity contribution in [3.05, 3.63) is 108 Å². The Labute approximate surface area is 165 Å². The fourth-order valence-electron chi connectivity index (χ4n) is 3.06. The number of rotatable bonds is 8. The van der Waals surface area contributed by atoms with E-state index >= 15 is 0 Å². The zero-order valence-electron chi connectivity index (χ0n) is 16.1. The van der Waals surface area contributed by atoms with Gasteiger partial charge in [0, 0.05) is 24.1 Å². The standard InChI is InChI=1S/C24H24N2O2/c1-4-11-22-21(16-19-12-7-5-8-13-19)25-23(17-28-24(27)18(2)3)26(22)20-14-9-6-10-15-20/h4-10,12-15H,1-2,11,16-17H2,3H3. The molecule has 3 rings (SSSR count). The van der Waals surface area contributed by atoms with Gasteiger partial charge in [-0.25, -0.2) is 9.78 Å². The molecule has 28 heavy (non-hydrogen) atoms. The summed E-state index contributed by atoms with van der Waals surface area (Å²) in [7, 11) is 0. The summed E-state index contributed by atoms with van der Waals surface area (Å²) >= 11 is 0. The third kappa shape index (κ3) is 4.46. The lowest BCUT2D eigenvalue weighted by molar-refractivity contribution is -0.140. The van der Waals surface area contributed by atoms with Crippen molar-refractivity contribution < 1.29 is 9.53 Å². The Morgan fingerprint density at radius 3 is 2.36 bits per heavy atom. The van der Waals surface area contributed by atoms with Crippen molar-refractivity contribution in [2.24, 2.45) is 0 Å². The topological polar surface area (TPSA) is 44.1 Å². The van der Waals surface area contributed by atoms with Gasteiger partial charge in [0.25, 0.3) is 0 Å². The molecule has 4 nitrogen and oxygen atoms in total. The van der Waals surface area contributed by atoms with Crippen molar-refractivity contribution in [2.75, 3.05) is 0 Å². The summed E-state index contributed by atoms with van der Waals surface area (Å²) < 4.78 is 7.46. The van der Waals surface area contributed by atoms with E-state index in [1.165, 1.54) is 5.56 Å². The molecule has 0 aliphatic carbocycles. The number of hydrogen-bond donors (Lipinski definition) is 0. The maximum atomic E-state index is 11.9. The molecule has 0 saturated heterocycles. The number of nitrogens with zero attached hydrogens (tertiary/aromatic N) is 2. The van der Waals surface area contributed by atoms with E-state index in [9.17, 15) is 4.79 Å². The van der Waals surface area contributed by atoms with Crippen LogP contribution in [0.3, 0.4) is 0 Å². The van der Waals surface area contributed by atoms with Crippen LogP contribution >= 0.6 is 0 Å². The lowest BCUT2D eigenvalue weighted by Gasteiger charge is -2.12. The number of ether oxygens (including phenoxy) is 1. The van der Waals surface area contributed by atoms with Crippen molar-refractivity contribution in [2.45, 2.75) is 26.4 Å². The number of para-hydroxylation sites is 1. The van der Waals surface area contributed by atoms with Crippen LogP contribution in [0.1, 0.15) is 29.7 Å². The van der Waals surface area contributed by atoms with E-state index in [4.69, 9.17) is 9.72 Å². The minimum atomic E-state index is -0.419. The first kappa shape index (κ1) is 19.4. The van der Waals surface area contributed by atoms with Crippen LogP contribution < -0.4 is 0 Å². The number of imidazole rings is 1. The molecule has 0 fully saturated rings. The Balaban J connectivity index is 2.05. The van der Waals surface area contributed by atoms with Gasteiger partial charge in [-0.3, -0.25) is 4.57 Å². The summed E-state index contributed by atoms with van der Waals surface area (Å²) in [5, 5.41) is 0. The highest BCUT2D eigenvalue weighted by atomic mass is 16.5. The summed E-state index contributed by atoms with van der Waals surface area (Å²) in [6, 6.07) is 20.2. The van der Waals surface area contributed by atoms with Crippen molar-refractivity contribution in [3.63, 3.8) is 0 Å². The molecular weight excluding hydrogens is 348 g/mol. The van der Waals surface area contributed by atoms with Crippen LogP contribution in [0.5, 0.6) is 0 Å². The van der Waals surface area contributed by atoms with Crippen LogP contribution in [0, 0.1) is 0 Å². The summed E-state index contributed by atoms with van der Waals surface area (Å²) in [6.07, 6.45) is 3.23. The summed E-state index contributed by atoms with van der Waals surface area (Å²) in [5.74, 6) is 0.265. The highest BCUT2D eigenvalue weighted by molar-refractivity contribution is 5.86. The molecule has 0 saturated carbocycles. The normalized spacial score (nSPS) is 10.5. The van der Waals surface area contributed by atoms with E-state index in [0.717, 1.165) is 17.1 Å². The maximum Gasteiger partial charge on any atom is 0.333 e. The molecule has 0 aliphatic heterocycles. The number of hydrogen-bond acceptors (Lipinski definition) is 3. The molecule has 0 bridgehead atoms. The van der Waals surface area contributed by atoms with Gasteiger partial charge >= 0.3 is 5.97 Å². The highest BCUT2D eigenvalue weighted by Gasteiger charge is 2.19. The molecule has 4 heteroatoms. The molecular formula is C24H24N2O2. The van der Waals surface area contributed by atoms with Crippen molar-refractivity contribution in [1.82, 2.24) is 9.55 Å². The van der Waals surface area contributed by atoms with Crippen LogP contribution in [0.4, 0.5) is 0 Å². The zero-order chi connectivity index (χ0) is 19.9. The third-order valence-corrected chi connectivity index (χ3v) is 4.37. The Morgan fingerprint density at radius 1 is 1.11 bits per heavy atom. The maximum absolute atomic E-state index is 11.9. The average molecular weight is 372 g/mol. The molecule has 0 N–H and O–H groups in total. The van der Waals surface area contributed by atoms with Crippen molar-refractivity contribution >= 4 is 5.97 Å². The molecule has 1 aromatic heterocycles. The zero-order valence-corrected chi connectivity index (χ0v) is 16.1. The van der Waals surface area contributed by atoms with E-state index in [0.29, 0.717) is 24.2 Å². The third-order valence-electron chi connectivity index (χ3n) is 4.37. The van der Waals surface area contributed by atoms with E-state index in [2.05, 4.69) is 29.9 Å². The fraction of sp³-hybridized carbons (Fsp3) is 0.167. The van der Waals surface area contributed by atoms with Gasteiger partial charge in [0.1, 0.15) is 6.61 Å². The molecule has 142 valence electrons. The van der Waals surface area contributed by atoms with Gasteiger partial charge in [0.15, 0.2) is 5.82 Å². The molecule has 1 heterocycles. The Morgan fingerprint density at radius 2 is 1.75 bits per heavy atom. The van der Waals surface area contributed by atoms with Gasteiger partial charge in [0.2, 0.25) is 0 Å². The Bertz CT molecular complexity index is 973. The number of allylic oxidation sites excluding steroid dienone is 1. The summed E-state index contributed by atoms with van der Waals surface area (Å²) in [4.78, 5) is 16.7. The molecule has 0 aliphatic rings. The van der Waals surface area contributed by atoms with Gasteiger partial charge in [-0.15, -0.1) is 6.58 Å². The van der Waals surface area contributed by atoms with Gasteiger partial charge in [-0.05, 0) is 24.6 Å². The van der Waals surface area contributed by atoms with E-state index in [1.807, 2.05) is 54.6 Å². The molecule has 3 aromatic rings. The van der Waals surface area contributed by atoms with E-state index < -0.39 is 5.97 Å². The predicted molar refractivity (Wildman–Crippen MR) is 111 cm³/mol. The molecule has 0 atom stereocenters. The number of carbonyl (C=O) groups excluding carboxylic acids is 1. The minimum absolute atomic E-state index is 0.0829. The Kier molecular flexibility index (Phi) is 6.22. The lowest BCUT2D eigenvalue weighted by atomic mass is 10.1. The fourth-order valence-corrected chi connectivity index (χ4v) is 3.06. The highest BCUT2D eigenvalue weighted by Crippen LogP contribution is 2.23. The van der Waals surface area contributed by atoms with Crippen LogP contribution in [0.15, 0.2) is 85.5 Å². The monoisotopic (exact) mass is 372 g/mol. The number of esters is 1. The van der Waals surface area contributed by atoms with Crippen LogP contribution in [-0.2, 0) is 29.0 Å². The summed E-state index contributed by atoms with van der Waals surface area (Å²) in [6.45, 7) is 9.27. The number of aromatic nitrogens is 2. The van der Waals surface area contributed by atoms with Gasteiger partial charge in [-0.1, -0.05) is 61.2 Å². The number of benzene rings is 2. The van der Waals surface area contributed by atoms with E-state index in [1.54, 1.807) is 6.92 Å². The molecule has 0 radical (unpaired) electrons. The Hall–Kier alpha value is -3.40. The average Bonchev–Trinajstić information content (AvgIpc) is 3.04. The van der Waals surface area contributed by atoms with Gasteiger partial charge < -0.3 is 4.74 Å². The van der Waals surface area contributed by atoms with E-state index in [-0.39, 0.29) is 6.61 Å². The summed E-state index contributed by atoms with van der Waals surface area (Å²) in [5.41, 5.74) is 4.53. The van der Waals surface area contributed by atoms with Crippen molar-refractivity contribution in [3.8, 4) is 5.69 Å². The molecule has 0 spiro atoms. The van der Waals surface area contributed by atoms with Crippen LogP contribution in [-0.4, -0.2) is 15.5 Å². The number of carbonyl (C=O) groups is 1. The lowest BCUT2D eigenvalue weighted by Crippen LogP contribution is -2.10. The first-order chi connectivity index (χ1) is 13.6. The second-order valence-electron chi connectivity index (χ2n) is 6.60. The molecule has 0 amide bonds. The van der Waals surface area contributed by atoms with Gasteiger partial charge in [0.05, 0.1) is 11.4 Å². The second-order valence-corrected chi connectivity index (χ2v) is 6.60. The van der Waals surface area contributed by atoms with Crippen LogP contribution in [0.25, 0.3) is 5.69 Å². The van der Waals surface area contributed by atoms with Crippen LogP contribution in [0.2, 0.25) is 0 Å². The molecule has 2 aromatic carbocycles. The smallest absolute Gasteiger partial charge is 0.333 e. The largest absolute Gasteiger partial charge is 0.454 e. The quantitative estimate of drug-likeness (QED) is 0.324. The molecule has 0 unspecified atom stereocenters. The SMILES string of the molecule is C=CCc1c(Cc2ccccc2)nc(COC(=O)C(=C)C)n1-c1ccccc1. The van der Waals surface area contributed by atoms with Gasteiger partial charge in [-0.2, -0.15) is 0 Å².